The Labute approximate surface area is 195 Å². The Hall–Kier alpha value is -5.02. The van der Waals surface area contributed by atoms with Gasteiger partial charge in [-0.2, -0.15) is 0 Å². The van der Waals surface area contributed by atoms with Crippen LogP contribution >= 0.6 is 0 Å². The molecule has 0 aliphatic heterocycles. The second-order valence-electron chi connectivity index (χ2n) is 6.64. The number of amides is 4. The summed E-state index contributed by atoms with van der Waals surface area (Å²) >= 11 is 0. The lowest BCUT2D eigenvalue weighted by molar-refractivity contribution is -0.174. The molecular weight excluding hydrogens is 476 g/mol. The molecule has 0 unspecified atom stereocenters. The number of aliphatic carboxylic acids is 4. The Balaban J connectivity index is 3.26. The maximum atomic E-state index is 12.5. The van der Waals surface area contributed by atoms with Gasteiger partial charge in [0.15, 0.2) is 0 Å². The fourth-order valence-corrected chi connectivity index (χ4v) is 2.73. The molecule has 1 rings (SSSR count). The van der Waals surface area contributed by atoms with Crippen LogP contribution in [0.2, 0.25) is 0 Å². The van der Waals surface area contributed by atoms with E-state index in [1.54, 1.807) is 5.32 Å². The van der Waals surface area contributed by atoms with Gasteiger partial charge in [-0.1, -0.05) is 0 Å². The van der Waals surface area contributed by atoms with Gasteiger partial charge in [0.25, 0.3) is 23.6 Å². The molecule has 0 spiro atoms. The van der Waals surface area contributed by atoms with E-state index in [1.807, 2.05) is 16.0 Å². The summed E-state index contributed by atoms with van der Waals surface area (Å²) in [6.07, 6.45) is 0. The van der Waals surface area contributed by atoms with Gasteiger partial charge in [0.2, 0.25) is 0 Å². The topological polar surface area (TPSA) is 266 Å². The van der Waals surface area contributed by atoms with Gasteiger partial charge in [0, 0.05) is 25.0 Å². The SMILES string of the molecule is CCNC(=O)C(C(=O)O)(C(=O)O)C(=O)Nc1ccc(NC(=O)C(C(=O)O)(C(=O)O)C(=O)NC)cc1. The second kappa shape index (κ2) is 10.7. The van der Waals surface area contributed by atoms with E-state index in [1.165, 1.54) is 6.92 Å². The fraction of sp³-hybridized carbons (Fsp3) is 0.263. The lowest BCUT2D eigenvalue weighted by atomic mass is 9.85. The van der Waals surface area contributed by atoms with Crippen molar-refractivity contribution in [3.05, 3.63) is 24.3 Å². The molecule has 0 saturated heterocycles. The maximum Gasteiger partial charge on any atom is 0.340 e. The van der Waals surface area contributed by atoms with Crippen LogP contribution in [0.3, 0.4) is 0 Å². The quantitative estimate of drug-likeness (QED) is 0.151. The minimum absolute atomic E-state index is 0.174. The van der Waals surface area contributed by atoms with E-state index in [9.17, 15) is 58.8 Å². The first-order valence-electron chi connectivity index (χ1n) is 9.41. The molecule has 4 amide bonds. The Morgan fingerprint density at radius 1 is 0.629 bits per heavy atom. The number of hydrogen-bond donors (Lipinski definition) is 8. The lowest BCUT2D eigenvalue weighted by Gasteiger charge is -2.23. The van der Waals surface area contributed by atoms with Crippen LogP contribution in [0.4, 0.5) is 11.4 Å². The third-order valence-electron chi connectivity index (χ3n) is 4.61. The zero-order valence-corrected chi connectivity index (χ0v) is 18.1. The smallest absolute Gasteiger partial charge is 0.340 e. The van der Waals surface area contributed by atoms with Crippen LogP contribution in [0.1, 0.15) is 6.92 Å². The summed E-state index contributed by atoms with van der Waals surface area (Å²) in [5, 5.41) is 44.8. The molecule has 1 aromatic carbocycles. The number of anilines is 2. The summed E-state index contributed by atoms with van der Waals surface area (Å²) < 4.78 is 0. The summed E-state index contributed by atoms with van der Waals surface area (Å²) in [7, 11) is 0.919. The normalized spacial score (nSPS) is 10.9. The van der Waals surface area contributed by atoms with Gasteiger partial charge in [-0.3, -0.25) is 19.2 Å². The number of rotatable bonds is 11. The summed E-state index contributed by atoms with van der Waals surface area (Å²) in [4.78, 5) is 95.2. The first kappa shape index (κ1) is 28.0. The van der Waals surface area contributed by atoms with E-state index >= 15 is 0 Å². The van der Waals surface area contributed by atoms with E-state index in [2.05, 4.69) is 0 Å². The first-order valence-corrected chi connectivity index (χ1v) is 9.41. The highest BCUT2D eigenvalue weighted by atomic mass is 16.4. The molecule has 16 heteroatoms. The zero-order valence-electron chi connectivity index (χ0n) is 18.1. The molecular formula is C19H20N4O12. The van der Waals surface area contributed by atoms with E-state index in [0.717, 1.165) is 31.3 Å². The molecule has 0 saturated carbocycles. The monoisotopic (exact) mass is 496 g/mol. The Kier molecular flexibility index (Phi) is 8.59. The fourth-order valence-electron chi connectivity index (χ4n) is 2.73. The molecule has 0 fully saturated rings. The van der Waals surface area contributed by atoms with Crippen LogP contribution in [0, 0.1) is 10.8 Å². The van der Waals surface area contributed by atoms with Crippen molar-refractivity contribution in [2.75, 3.05) is 24.2 Å². The summed E-state index contributed by atoms with van der Waals surface area (Å²) in [6.45, 7) is 1.19. The molecule has 16 nitrogen and oxygen atoms in total. The molecule has 188 valence electrons. The van der Waals surface area contributed by atoms with Crippen LogP contribution < -0.4 is 21.3 Å². The Morgan fingerprint density at radius 2 is 0.943 bits per heavy atom. The number of hydrogen-bond acceptors (Lipinski definition) is 8. The zero-order chi connectivity index (χ0) is 27.1. The second-order valence-corrected chi connectivity index (χ2v) is 6.64. The van der Waals surface area contributed by atoms with Gasteiger partial charge in [-0.15, -0.1) is 0 Å². The van der Waals surface area contributed by atoms with Gasteiger partial charge < -0.3 is 41.7 Å². The lowest BCUT2D eigenvalue weighted by Crippen LogP contribution is -2.59. The van der Waals surface area contributed by atoms with Gasteiger partial charge in [0.05, 0.1) is 0 Å². The number of carboxylic acid groups (broad SMARTS) is 4. The highest BCUT2D eigenvalue weighted by Gasteiger charge is 2.61. The third-order valence-corrected chi connectivity index (χ3v) is 4.61. The molecule has 0 bridgehead atoms. The van der Waals surface area contributed by atoms with Crippen molar-refractivity contribution in [2.45, 2.75) is 6.92 Å². The molecule has 0 heterocycles. The number of benzene rings is 1. The van der Waals surface area contributed by atoms with E-state index < -0.39 is 58.3 Å². The van der Waals surface area contributed by atoms with E-state index in [-0.39, 0.29) is 17.9 Å². The van der Waals surface area contributed by atoms with Crippen molar-refractivity contribution < 1.29 is 58.8 Å². The van der Waals surface area contributed by atoms with Crippen LogP contribution in [-0.2, 0) is 38.4 Å². The Bertz CT molecular complexity index is 1070. The number of nitrogens with one attached hydrogen (secondary N) is 4. The third kappa shape index (κ3) is 4.85. The van der Waals surface area contributed by atoms with Crippen LogP contribution in [0.5, 0.6) is 0 Å². The van der Waals surface area contributed by atoms with Gasteiger partial charge in [-0.05, 0) is 31.2 Å². The number of carbonyl (C=O) groups excluding carboxylic acids is 4. The number of carboxylic acids is 4. The highest BCUT2D eigenvalue weighted by Crippen LogP contribution is 2.25. The summed E-state index contributed by atoms with van der Waals surface area (Å²) in [5.41, 5.74) is -7.57. The summed E-state index contributed by atoms with van der Waals surface area (Å²) in [6, 6.07) is 3.95. The van der Waals surface area contributed by atoms with Gasteiger partial charge >= 0.3 is 34.7 Å². The maximum absolute atomic E-state index is 12.5. The largest absolute Gasteiger partial charge is 0.480 e. The van der Waals surface area contributed by atoms with Crippen LogP contribution in [0.15, 0.2) is 24.3 Å². The Morgan fingerprint density at radius 3 is 1.20 bits per heavy atom. The molecule has 0 atom stereocenters. The molecule has 0 aliphatic rings. The average molecular weight is 496 g/mol. The van der Waals surface area contributed by atoms with Crippen molar-refractivity contribution in [3.8, 4) is 0 Å². The highest BCUT2D eigenvalue weighted by molar-refractivity contribution is 6.37. The van der Waals surface area contributed by atoms with Crippen LogP contribution in [0.25, 0.3) is 0 Å². The van der Waals surface area contributed by atoms with Gasteiger partial charge in [0.1, 0.15) is 0 Å². The van der Waals surface area contributed by atoms with E-state index in [4.69, 9.17) is 0 Å². The van der Waals surface area contributed by atoms with Crippen molar-refractivity contribution in [3.63, 3.8) is 0 Å². The van der Waals surface area contributed by atoms with Crippen molar-refractivity contribution in [1.82, 2.24) is 10.6 Å². The number of carbonyl (C=O) groups is 8. The minimum atomic E-state index is -3.53. The van der Waals surface area contributed by atoms with Gasteiger partial charge in [-0.25, -0.2) is 19.2 Å². The molecule has 0 aliphatic carbocycles. The molecule has 0 radical (unpaired) electrons. The van der Waals surface area contributed by atoms with Crippen molar-refractivity contribution >= 4 is 58.9 Å². The van der Waals surface area contributed by atoms with Crippen molar-refractivity contribution in [1.29, 1.82) is 0 Å². The average Bonchev–Trinajstić information content (AvgIpc) is 2.74. The van der Waals surface area contributed by atoms with Crippen LogP contribution in [-0.4, -0.2) is 81.5 Å². The summed E-state index contributed by atoms with van der Waals surface area (Å²) in [5.74, 6) is -15.8. The van der Waals surface area contributed by atoms with Crippen molar-refractivity contribution in [2.24, 2.45) is 10.8 Å². The van der Waals surface area contributed by atoms with E-state index in [0.29, 0.717) is 0 Å². The first-order chi connectivity index (χ1) is 16.2. The standard InChI is InChI=1S/C19H20N4O12/c1-3-21-11(25)19(16(32)33,17(34)35)13(27)23-9-6-4-8(5-7-9)22-12(26)18(14(28)29,15(30)31)10(24)20-2/h4-7H,3H2,1-2H3,(H,20,24)(H,21,25)(H,22,26)(H,23,27)(H,28,29)(H,30,31)(H,32,33)(H,34,35). The molecule has 0 aromatic heterocycles. The minimum Gasteiger partial charge on any atom is -0.480 e. The predicted octanol–water partition coefficient (Wildman–Crippen LogP) is -2.24. The molecule has 8 N–H and O–H groups in total. The molecule has 1 aromatic rings. The predicted molar refractivity (Wildman–Crippen MR) is 112 cm³/mol. The molecule has 35 heavy (non-hydrogen) atoms.